The zero-order valence-corrected chi connectivity index (χ0v) is 13.4. The highest BCUT2D eigenvalue weighted by Crippen LogP contribution is 2.24. The third kappa shape index (κ3) is 3.62. The topological polar surface area (TPSA) is 90.3 Å². The van der Waals surface area contributed by atoms with Crippen LogP contribution in [0.4, 0.5) is 9.59 Å². The summed E-state index contributed by atoms with van der Waals surface area (Å²) in [7, 11) is 0. The first-order valence-corrected chi connectivity index (χ1v) is 8.20. The molecule has 2 aliphatic rings. The maximum Gasteiger partial charge on any atom is 0.407 e. The van der Waals surface area contributed by atoms with Gasteiger partial charge >= 0.3 is 12.2 Å². The fraction of sp³-hybridized carbons (Fsp3) is 0.529. The van der Waals surface area contributed by atoms with E-state index >= 15 is 0 Å². The number of fused-ring (bicyclic) bond motifs is 1. The quantitative estimate of drug-likeness (QED) is 0.878. The van der Waals surface area contributed by atoms with E-state index in [-0.39, 0.29) is 31.8 Å². The highest BCUT2D eigenvalue weighted by atomic mass is 16.5. The summed E-state index contributed by atoms with van der Waals surface area (Å²) in [6.45, 7) is 1.06. The lowest BCUT2D eigenvalue weighted by molar-refractivity contribution is 0.0228. The lowest BCUT2D eigenvalue weighted by atomic mass is 10.1. The molecule has 130 valence electrons. The number of hydrogen-bond donors (Lipinski definition) is 2. The largest absolute Gasteiger partial charge is 0.465 e. The van der Waals surface area contributed by atoms with Gasteiger partial charge in [0.2, 0.25) is 0 Å². The molecule has 1 heterocycles. The van der Waals surface area contributed by atoms with Crippen molar-refractivity contribution in [3.05, 3.63) is 35.4 Å². The second-order valence-electron chi connectivity index (χ2n) is 6.32. The summed E-state index contributed by atoms with van der Waals surface area (Å²) >= 11 is 0. The van der Waals surface area contributed by atoms with Crippen LogP contribution in [0.15, 0.2) is 24.3 Å². The number of benzene rings is 1. The van der Waals surface area contributed by atoms with Crippen LogP contribution >= 0.6 is 0 Å². The predicted molar refractivity (Wildman–Crippen MR) is 86.3 cm³/mol. The molecule has 0 saturated carbocycles. The monoisotopic (exact) mass is 334 g/mol. The summed E-state index contributed by atoms with van der Waals surface area (Å²) in [6.07, 6.45) is 0.383. The van der Waals surface area contributed by atoms with E-state index in [9.17, 15) is 14.7 Å². The number of nitrogens with zero attached hydrogens (tertiary/aromatic N) is 2. The fourth-order valence-corrected chi connectivity index (χ4v) is 3.54. The van der Waals surface area contributed by atoms with Crippen molar-refractivity contribution in [1.82, 2.24) is 9.80 Å². The Labute approximate surface area is 140 Å². The molecule has 0 spiro atoms. The third-order valence-electron chi connectivity index (χ3n) is 4.82. The minimum atomic E-state index is -1.00. The molecule has 0 bridgehead atoms. The third-order valence-corrected chi connectivity index (χ3v) is 4.82. The van der Waals surface area contributed by atoms with E-state index in [4.69, 9.17) is 9.84 Å². The van der Waals surface area contributed by atoms with Gasteiger partial charge in [0.25, 0.3) is 0 Å². The SMILES string of the molecule is O=C(O)N1CCN(C(=O)O)[C@H](CCOC2Cc3ccccc3C2)C1. The lowest BCUT2D eigenvalue weighted by Gasteiger charge is -2.38. The van der Waals surface area contributed by atoms with Crippen LogP contribution in [0.3, 0.4) is 0 Å². The van der Waals surface area contributed by atoms with Crippen molar-refractivity contribution in [3.8, 4) is 0 Å². The number of hydrogen-bond acceptors (Lipinski definition) is 3. The smallest absolute Gasteiger partial charge is 0.407 e. The van der Waals surface area contributed by atoms with Gasteiger partial charge in [0.1, 0.15) is 0 Å². The standard InChI is InChI=1S/C17H22N2O5/c20-16(21)18-6-7-19(17(22)23)14(11-18)5-8-24-15-9-12-3-1-2-4-13(12)10-15/h1-4,14-15H,5-11H2,(H,20,21)(H,22,23)/t14-/m1/s1. The van der Waals surface area contributed by atoms with Gasteiger partial charge in [-0.25, -0.2) is 9.59 Å². The first kappa shape index (κ1) is 16.6. The van der Waals surface area contributed by atoms with Gasteiger partial charge in [-0.2, -0.15) is 0 Å². The molecule has 1 fully saturated rings. The Morgan fingerprint density at radius 1 is 1.08 bits per heavy atom. The van der Waals surface area contributed by atoms with Gasteiger partial charge in [-0.15, -0.1) is 0 Å². The van der Waals surface area contributed by atoms with Gasteiger partial charge < -0.3 is 24.7 Å². The van der Waals surface area contributed by atoms with Crippen LogP contribution in [0.5, 0.6) is 0 Å². The maximum atomic E-state index is 11.3. The first-order chi connectivity index (χ1) is 11.5. The van der Waals surface area contributed by atoms with Crippen LogP contribution in [0, 0.1) is 0 Å². The van der Waals surface area contributed by atoms with Crippen molar-refractivity contribution in [1.29, 1.82) is 0 Å². The number of rotatable bonds is 4. The summed E-state index contributed by atoms with van der Waals surface area (Å²) in [6, 6.07) is 7.91. The molecule has 0 radical (unpaired) electrons. The average molecular weight is 334 g/mol. The lowest BCUT2D eigenvalue weighted by Crippen LogP contribution is -2.56. The molecule has 7 nitrogen and oxygen atoms in total. The number of carbonyl (C=O) groups is 2. The zero-order chi connectivity index (χ0) is 17.1. The van der Waals surface area contributed by atoms with Crippen LogP contribution in [-0.4, -0.2) is 70.6 Å². The fourth-order valence-electron chi connectivity index (χ4n) is 3.54. The summed E-state index contributed by atoms with van der Waals surface area (Å²) < 4.78 is 5.93. The molecular weight excluding hydrogens is 312 g/mol. The molecule has 24 heavy (non-hydrogen) atoms. The number of amides is 2. The van der Waals surface area contributed by atoms with E-state index in [1.165, 1.54) is 20.9 Å². The molecule has 1 aromatic carbocycles. The van der Waals surface area contributed by atoms with Crippen LogP contribution < -0.4 is 0 Å². The molecule has 1 aliphatic carbocycles. The summed E-state index contributed by atoms with van der Waals surface area (Å²) in [5, 5.41) is 18.4. The van der Waals surface area contributed by atoms with Crippen LogP contribution in [-0.2, 0) is 17.6 Å². The maximum absolute atomic E-state index is 11.3. The first-order valence-electron chi connectivity index (χ1n) is 8.20. The molecular formula is C17H22N2O5. The minimum absolute atomic E-state index is 0.125. The van der Waals surface area contributed by atoms with Crippen molar-refractivity contribution in [2.75, 3.05) is 26.2 Å². The molecule has 1 aromatic rings. The van der Waals surface area contributed by atoms with E-state index < -0.39 is 12.2 Å². The number of carboxylic acid groups (broad SMARTS) is 2. The average Bonchev–Trinajstić information content (AvgIpc) is 2.97. The van der Waals surface area contributed by atoms with Crippen molar-refractivity contribution in [3.63, 3.8) is 0 Å². The Bertz CT molecular complexity index is 596. The molecule has 2 amide bonds. The molecule has 7 heteroatoms. The zero-order valence-electron chi connectivity index (χ0n) is 13.4. The van der Waals surface area contributed by atoms with Crippen molar-refractivity contribution < 1.29 is 24.5 Å². The molecule has 0 aromatic heterocycles. The Balaban J connectivity index is 1.51. The summed E-state index contributed by atoms with van der Waals surface area (Å²) in [4.78, 5) is 25.0. The van der Waals surface area contributed by atoms with Gasteiger partial charge in [-0.05, 0) is 30.4 Å². The molecule has 1 saturated heterocycles. The summed E-state index contributed by atoms with van der Waals surface area (Å²) in [5.74, 6) is 0. The van der Waals surface area contributed by atoms with Crippen molar-refractivity contribution >= 4 is 12.2 Å². The highest BCUT2D eigenvalue weighted by molar-refractivity contribution is 5.68. The molecule has 3 rings (SSSR count). The summed E-state index contributed by atoms with van der Waals surface area (Å²) in [5.41, 5.74) is 2.62. The van der Waals surface area contributed by atoms with Crippen molar-refractivity contribution in [2.24, 2.45) is 0 Å². The van der Waals surface area contributed by atoms with E-state index in [2.05, 4.69) is 12.1 Å². The highest BCUT2D eigenvalue weighted by Gasteiger charge is 2.32. The molecule has 2 N–H and O–H groups in total. The molecule has 1 aliphatic heterocycles. The van der Waals surface area contributed by atoms with E-state index in [1.54, 1.807) is 0 Å². The Morgan fingerprint density at radius 2 is 1.75 bits per heavy atom. The normalized spacial score (nSPS) is 20.9. The van der Waals surface area contributed by atoms with Gasteiger partial charge in [0.15, 0.2) is 0 Å². The van der Waals surface area contributed by atoms with Crippen LogP contribution in [0.1, 0.15) is 17.5 Å². The number of ether oxygens (including phenoxy) is 1. The van der Waals surface area contributed by atoms with Gasteiger partial charge in [0.05, 0.1) is 12.1 Å². The Hall–Kier alpha value is -2.28. The Morgan fingerprint density at radius 3 is 2.33 bits per heavy atom. The van der Waals surface area contributed by atoms with Gasteiger partial charge in [-0.1, -0.05) is 24.3 Å². The van der Waals surface area contributed by atoms with Gasteiger partial charge in [-0.3, -0.25) is 0 Å². The van der Waals surface area contributed by atoms with E-state index in [1.807, 2.05) is 12.1 Å². The predicted octanol–water partition coefficient (Wildman–Crippen LogP) is 1.90. The molecule has 0 unspecified atom stereocenters. The minimum Gasteiger partial charge on any atom is -0.465 e. The van der Waals surface area contributed by atoms with Crippen molar-refractivity contribution in [2.45, 2.75) is 31.4 Å². The Kier molecular flexibility index (Phi) is 4.89. The van der Waals surface area contributed by atoms with Gasteiger partial charge in [0, 0.05) is 26.2 Å². The second kappa shape index (κ2) is 7.09. The molecule has 1 atom stereocenters. The van der Waals surface area contributed by atoms with E-state index in [0.29, 0.717) is 13.0 Å². The second-order valence-corrected chi connectivity index (χ2v) is 6.32. The van der Waals surface area contributed by atoms with E-state index in [0.717, 1.165) is 12.8 Å². The van der Waals surface area contributed by atoms with Crippen LogP contribution in [0.25, 0.3) is 0 Å². The number of piperazine rings is 1. The van der Waals surface area contributed by atoms with Crippen LogP contribution in [0.2, 0.25) is 0 Å².